The minimum absolute atomic E-state index is 0.373. The maximum atomic E-state index is 8.97. The van der Waals surface area contributed by atoms with Crippen LogP contribution in [0.3, 0.4) is 0 Å². The highest BCUT2D eigenvalue weighted by atomic mass is 79.9. The molecule has 0 bridgehead atoms. The second-order valence-corrected chi connectivity index (χ2v) is 4.55. The Bertz CT molecular complexity index is 167. The number of alkyl halides is 1. The fourth-order valence-corrected chi connectivity index (χ4v) is 1.27. The quantitative estimate of drug-likeness (QED) is 0.553. The molecule has 1 atom stereocenters. The molecule has 1 N–H and O–H groups in total. The van der Waals surface area contributed by atoms with Crippen molar-refractivity contribution in [2.45, 2.75) is 33.8 Å². The lowest BCUT2D eigenvalue weighted by Gasteiger charge is -2.13. The third-order valence-corrected chi connectivity index (χ3v) is 2.93. The number of hydrogen-bond acceptors (Lipinski definition) is 3. The van der Waals surface area contributed by atoms with Crippen molar-refractivity contribution in [3.63, 3.8) is 0 Å². The molecule has 0 spiro atoms. The number of hydrogen-bond donors (Lipinski definition) is 1. The average molecular weight is 310 g/mol. The number of aliphatic hydroxyl groups is 1. The van der Waals surface area contributed by atoms with Gasteiger partial charge in [-0.2, -0.15) is 0 Å². The smallest absolute Gasteiger partial charge is 0.0870 e. The molecule has 0 fully saturated rings. The highest BCUT2D eigenvalue weighted by Gasteiger charge is 1.99. The summed E-state index contributed by atoms with van der Waals surface area (Å²) in [7, 11) is 0. The topological polar surface area (TPSA) is 32.7 Å². The summed E-state index contributed by atoms with van der Waals surface area (Å²) in [6, 6.07) is 0. The van der Waals surface area contributed by atoms with Crippen molar-refractivity contribution in [3.05, 3.63) is 12.2 Å². The molecule has 0 aromatic heterocycles. The third-order valence-electron chi connectivity index (χ3n) is 2.18. The number of halogens is 1. The highest BCUT2D eigenvalue weighted by Crippen LogP contribution is 1.93. The van der Waals surface area contributed by atoms with Gasteiger partial charge in [0.2, 0.25) is 0 Å². The van der Waals surface area contributed by atoms with Crippen LogP contribution in [0, 0.1) is 0 Å². The van der Waals surface area contributed by atoms with Crippen molar-refractivity contribution in [3.8, 4) is 0 Å². The number of aliphatic hydroxyl groups excluding tert-OH is 1. The van der Waals surface area contributed by atoms with E-state index in [1.54, 1.807) is 0 Å². The predicted octanol–water partition coefficient (Wildman–Crippen LogP) is 2.68. The standard InChI is InChI=1S/C7H13BrO2.C6H15N/c1-6(2)4-10-5-7(9)3-8;1-4-7(5-2)6-3/h7,9H,1,3-5H2,2H3;4-6H2,1-3H3. The molecule has 0 amide bonds. The molecule has 0 aromatic rings. The van der Waals surface area contributed by atoms with Gasteiger partial charge in [-0.15, -0.1) is 0 Å². The Kier molecular flexibility index (Phi) is 16.2. The van der Waals surface area contributed by atoms with Crippen molar-refractivity contribution < 1.29 is 9.84 Å². The van der Waals surface area contributed by atoms with Gasteiger partial charge in [-0.1, -0.05) is 48.9 Å². The Morgan fingerprint density at radius 1 is 1.29 bits per heavy atom. The number of ether oxygens (including phenoxy) is 1. The van der Waals surface area contributed by atoms with E-state index in [1.807, 2.05) is 6.92 Å². The summed E-state index contributed by atoms with van der Waals surface area (Å²) in [6.07, 6.45) is -0.403. The van der Waals surface area contributed by atoms with Gasteiger partial charge in [0.05, 0.1) is 19.3 Å². The van der Waals surface area contributed by atoms with E-state index in [-0.39, 0.29) is 0 Å². The SMILES string of the molecule is C=C(C)COCC(O)CBr.CCN(CC)CC. The van der Waals surface area contributed by atoms with Crippen LogP contribution in [-0.2, 0) is 4.74 Å². The molecule has 0 saturated carbocycles. The first-order valence-electron chi connectivity index (χ1n) is 6.20. The average Bonchev–Trinajstić information content (AvgIpc) is 2.31. The molecular weight excluding hydrogens is 282 g/mol. The zero-order valence-corrected chi connectivity index (χ0v) is 13.3. The van der Waals surface area contributed by atoms with E-state index in [4.69, 9.17) is 9.84 Å². The van der Waals surface area contributed by atoms with Crippen LogP contribution in [0.25, 0.3) is 0 Å². The molecular formula is C13H28BrNO2. The molecule has 0 radical (unpaired) electrons. The van der Waals surface area contributed by atoms with Gasteiger partial charge >= 0.3 is 0 Å². The van der Waals surface area contributed by atoms with E-state index in [1.165, 1.54) is 19.6 Å². The summed E-state index contributed by atoms with van der Waals surface area (Å²) >= 11 is 3.13. The van der Waals surface area contributed by atoms with E-state index in [0.29, 0.717) is 18.5 Å². The van der Waals surface area contributed by atoms with E-state index < -0.39 is 6.10 Å². The summed E-state index contributed by atoms with van der Waals surface area (Å²) in [4.78, 5) is 2.38. The molecule has 1 unspecified atom stereocenters. The van der Waals surface area contributed by atoms with Crippen molar-refractivity contribution in [2.75, 3.05) is 38.2 Å². The summed E-state index contributed by atoms with van der Waals surface area (Å²) in [5.74, 6) is 0. The predicted molar refractivity (Wildman–Crippen MR) is 78.9 cm³/mol. The van der Waals surface area contributed by atoms with Gasteiger partial charge in [-0.25, -0.2) is 0 Å². The second kappa shape index (κ2) is 14.2. The Balaban J connectivity index is 0. The van der Waals surface area contributed by atoms with E-state index in [9.17, 15) is 0 Å². The maximum absolute atomic E-state index is 8.97. The Hall–Kier alpha value is 0.100. The van der Waals surface area contributed by atoms with Gasteiger partial charge < -0.3 is 14.7 Å². The summed E-state index contributed by atoms with van der Waals surface area (Å²) in [6.45, 7) is 16.6. The first-order chi connectivity index (χ1) is 8.01. The third kappa shape index (κ3) is 16.1. The van der Waals surface area contributed by atoms with Gasteiger partial charge in [0.15, 0.2) is 0 Å². The van der Waals surface area contributed by atoms with Crippen molar-refractivity contribution in [1.82, 2.24) is 4.90 Å². The fourth-order valence-electron chi connectivity index (χ4n) is 1.08. The van der Waals surface area contributed by atoms with E-state index in [0.717, 1.165) is 5.57 Å². The first kappa shape index (κ1) is 19.4. The zero-order valence-electron chi connectivity index (χ0n) is 11.7. The minimum atomic E-state index is -0.403. The van der Waals surface area contributed by atoms with E-state index in [2.05, 4.69) is 48.2 Å². The molecule has 104 valence electrons. The van der Waals surface area contributed by atoms with Gasteiger partial charge in [-0.05, 0) is 26.6 Å². The van der Waals surface area contributed by atoms with Crippen LogP contribution in [0.4, 0.5) is 0 Å². The molecule has 0 aliphatic heterocycles. The number of rotatable bonds is 8. The molecule has 0 aromatic carbocycles. The molecule has 17 heavy (non-hydrogen) atoms. The Labute approximate surface area is 115 Å². The maximum Gasteiger partial charge on any atom is 0.0870 e. The molecule has 4 heteroatoms. The summed E-state index contributed by atoms with van der Waals surface area (Å²) in [5, 5.41) is 9.53. The molecule has 3 nitrogen and oxygen atoms in total. The van der Waals surface area contributed by atoms with E-state index >= 15 is 0 Å². The Morgan fingerprint density at radius 3 is 2.00 bits per heavy atom. The summed E-state index contributed by atoms with van der Waals surface area (Å²) < 4.78 is 5.07. The normalized spacial score (nSPS) is 11.9. The minimum Gasteiger partial charge on any atom is -0.390 e. The fraction of sp³-hybridized carbons (Fsp3) is 0.846. The second-order valence-electron chi connectivity index (χ2n) is 3.90. The monoisotopic (exact) mass is 309 g/mol. The van der Waals surface area contributed by atoms with Gasteiger partial charge in [0.25, 0.3) is 0 Å². The largest absolute Gasteiger partial charge is 0.390 e. The van der Waals surface area contributed by atoms with Crippen LogP contribution in [0.15, 0.2) is 12.2 Å². The van der Waals surface area contributed by atoms with Crippen molar-refractivity contribution in [1.29, 1.82) is 0 Å². The van der Waals surface area contributed by atoms with Crippen LogP contribution < -0.4 is 0 Å². The van der Waals surface area contributed by atoms with Crippen LogP contribution in [0.1, 0.15) is 27.7 Å². The molecule has 0 aliphatic carbocycles. The van der Waals surface area contributed by atoms with Crippen LogP contribution in [-0.4, -0.2) is 54.3 Å². The molecule has 0 rings (SSSR count). The van der Waals surface area contributed by atoms with Crippen molar-refractivity contribution in [2.24, 2.45) is 0 Å². The lowest BCUT2D eigenvalue weighted by Crippen LogP contribution is -2.21. The lowest BCUT2D eigenvalue weighted by molar-refractivity contribution is 0.0603. The highest BCUT2D eigenvalue weighted by molar-refractivity contribution is 9.09. The number of nitrogens with zero attached hydrogens (tertiary/aromatic N) is 1. The van der Waals surface area contributed by atoms with Gasteiger partial charge in [0, 0.05) is 5.33 Å². The first-order valence-corrected chi connectivity index (χ1v) is 7.32. The van der Waals surface area contributed by atoms with Crippen LogP contribution in [0.2, 0.25) is 0 Å². The molecule has 0 heterocycles. The van der Waals surface area contributed by atoms with Crippen molar-refractivity contribution >= 4 is 15.9 Å². The van der Waals surface area contributed by atoms with Crippen LogP contribution >= 0.6 is 15.9 Å². The van der Waals surface area contributed by atoms with Gasteiger partial charge in [0.1, 0.15) is 0 Å². The zero-order chi connectivity index (χ0) is 13.7. The lowest BCUT2D eigenvalue weighted by atomic mass is 10.4. The summed E-state index contributed by atoms with van der Waals surface area (Å²) in [5.41, 5.74) is 0.974. The van der Waals surface area contributed by atoms with Gasteiger partial charge in [-0.3, -0.25) is 0 Å². The molecule has 0 saturated heterocycles. The molecule has 0 aliphatic rings. The Morgan fingerprint density at radius 2 is 1.76 bits per heavy atom. The van der Waals surface area contributed by atoms with Crippen LogP contribution in [0.5, 0.6) is 0 Å².